The fraction of sp³-hybridized carbons (Fsp3) is 0.571. The van der Waals surface area contributed by atoms with E-state index in [0.29, 0.717) is 12.4 Å². The summed E-state index contributed by atoms with van der Waals surface area (Å²) in [7, 11) is 5.67. The highest BCUT2D eigenvalue weighted by molar-refractivity contribution is 7.98. The van der Waals surface area contributed by atoms with Crippen LogP contribution in [0.3, 0.4) is 0 Å². The van der Waals surface area contributed by atoms with Crippen LogP contribution in [0.5, 0.6) is 0 Å². The third-order valence-corrected chi connectivity index (χ3v) is 3.82. The summed E-state index contributed by atoms with van der Waals surface area (Å²) in [4.78, 5) is 12.0. The molecule has 0 aliphatic heterocycles. The zero-order valence-electron chi connectivity index (χ0n) is 13.5. The minimum absolute atomic E-state index is 0.410. The van der Waals surface area contributed by atoms with Crippen LogP contribution in [0.1, 0.15) is 17.1 Å². The van der Waals surface area contributed by atoms with E-state index in [0.717, 1.165) is 35.8 Å². The summed E-state index contributed by atoms with van der Waals surface area (Å²) in [5, 5.41) is 16.1. The first-order valence-electron chi connectivity index (χ1n) is 7.00. The summed E-state index contributed by atoms with van der Waals surface area (Å²) in [5.74, 6) is 4.01. The molecule has 0 aliphatic carbocycles. The molecule has 1 rings (SSSR count). The minimum atomic E-state index is -0.482. The largest absolute Gasteiger partial charge is 0.464 e. The fourth-order valence-electron chi connectivity index (χ4n) is 1.84. The van der Waals surface area contributed by atoms with Crippen molar-refractivity contribution in [2.75, 3.05) is 33.4 Å². The Hall–Kier alpha value is -1.67. The first kappa shape index (κ1) is 18.4. The van der Waals surface area contributed by atoms with Crippen molar-refractivity contribution < 1.29 is 9.34 Å². The average molecular weight is 328 g/mol. The zero-order chi connectivity index (χ0) is 16.5. The molecule has 1 heterocycles. The second-order valence-electron chi connectivity index (χ2n) is 5.11. The third kappa shape index (κ3) is 6.86. The lowest BCUT2D eigenvalue weighted by Gasteiger charge is -2.07. The Morgan fingerprint density at radius 2 is 2.27 bits per heavy atom. The predicted octanol–water partition coefficient (Wildman–Crippen LogP) is 1.77. The molecule has 0 saturated heterocycles. The maximum atomic E-state index is 10.4. The number of hydrogen-bond donors (Lipinski definition) is 2. The Balaban J connectivity index is 2.31. The molecule has 7 nitrogen and oxygen atoms in total. The first-order chi connectivity index (χ1) is 10.4. The molecule has 1 aromatic rings. The van der Waals surface area contributed by atoms with Gasteiger partial charge in [-0.25, -0.2) is 0 Å². The van der Waals surface area contributed by atoms with Crippen molar-refractivity contribution in [3.05, 3.63) is 45.3 Å². The predicted molar refractivity (Wildman–Crippen MR) is 89.1 cm³/mol. The third-order valence-electron chi connectivity index (χ3n) is 2.84. The number of nitrogens with one attached hydrogen (secondary N) is 2. The summed E-state index contributed by atoms with van der Waals surface area (Å²) < 4.78 is 5.83. The Morgan fingerprint density at radius 1 is 1.55 bits per heavy atom. The van der Waals surface area contributed by atoms with Crippen LogP contribution in [0.4, 0.5) is 0 Å². The van der Waals surface area contributed by atoms with Crippen LogP contribution in [0, 0.1) is 17.0 Å². The van der Waals surface area contributed by atoms with Crippen LogP contribution in [0.2, 0.25) is 0 Å². The fourth-order valence-corrected chi connectivity index (χ4v) is 2.57. The number of thioether (sulfide) groups is 1. The first-order valence-corrected chi connectivity index (χ1v) is 8.15. The molecule has 0 saturated carbocycles. The van der Waals surface area contributed by atoms with E-state index in [-0.39, 0.29) is 0 Å². The van der Waals surface area contributed by atoms with Gasteiger partial charge in [-0.05, 0) is 32.6 Å². The van der Waals surface area contributed by atoms with E-state index < -0.39 is 4.92 Å². The van der Waals surface area contributed by atoms with Crippen molar-refractivity contribution >= 4 is 11.8 Å². The molecule has 1 aromatic heterocycles. The second kappa shape index (κ2) is 9.37. The van der Waals surface area contributed by atoms with Crippen molar-refractivity contribution in [2.24, 2.45) is 0 Å². The summed E-state index contributed by atoms with van der Waals surface area (Å²) in [5.41, 5.74) is 1.17. The lowest BCUT2D eigenvalue weighted by atomic mass is 10.2. The average Bonchev–Trinajstić information content (AvgIpc) is 2.76. The molecule has 0 atom stereocenters. The quantitative estimate of drug-likeness (QED) is 0.385. The highest BCUT2D eigenvalue weighted by Crippen LogP contribution is 2.20. The van der Waals surface area contributed by atoms with Crippen molar-refractivity contribution in [2.45, 2.75) is 19.2 Å². The number of furan rings is 1. The van der Waals surface area contributed by atoms with Gasteiger partial charge in [0.1, 0.15) is 11.5 Å². The van der Waals surface area contributed by atoms with Gasteiger partial charge in [0, 0.05) is 19.3 Å². The maximum Gasteiger partial charge on any atom is 0.274 e. The van der Waals surface area contributed by atoms with E-state index in [1.165, 1.54) is 5.56 Å². The van der Waals surface area contributed by atoms with Crippen LogP contribution < -0.4 is 10.6 Å². The van der Waals surface area contributed by atoms with Crippen LogP contribution in [-0.4, -0.2) is 43.3 Å². The SMILES string of the molecule is CNC(=C[N+](=O)[O-])NCCSCc1cc(C)c(CN(C)C)o1. The Labute approximate surface area is 135 Å². The van der Waals surface area contributed by atoms with Crippen LogP contribution >= 0.6 is 11.8 Å². The van der Waals surface area contributed by atoms with Gasteiger partial charge in [-0.3, -0.25) is 10.1 Å². The number of nitrogens with zero attached hydrogens (tertiary/aromatic N) is 2. The van der Waals surface area contributed by atoms with Crippen LogP contribution in [0.15, 0.2) is 22.5 Å². The molecule has 0 spiro atoms. The highest BCUT2D eigenvalue weighted by Gasteiger charge is 2.08. The Bertz CT molecular complexity index is 514. The molecule has 0 aliphatic rings. The molecule has 22 heavy (non-hydrogen) atoms. The molecule has 2 N–H and O–H groups in total. The van der Waals surface area contributed by atoms with Gasteiger partial charge in [0.15, 0.2) is 5.82 Å². The summed E-state index contributed by atoms with van der Waals surface area (Å²) >= 11 is 1.72. The summed E-state index contributed by atoms with van der Waals surface area (Å²) in [6, 6.07) is 2.07. The van der Waals surface area contributed by atoms with Crippen LogP contribution in [-0.2, 0) is 12.3 Å². The molecule has 0 bridgehead atoms. The standard InChI is InChI=1S/C14H24N4O3S/c1-11-7-12(21-13(11)8-17(3)4)10-22-6-5-16-14(15-2)9-18(19)20/h7,9,15-16H,5-6,8,10H2,1-4H3. The van der Waals surface area contributed by atoms with E-state index >= 15 is 0 Å². The van der Waals surface area contributed by atoms with Crippen molar-refractivity contribution in [3.8, 4) is 0 Å². The number of rotatable bonds is 10. The Kier molecular flexibility index (Phi) is 7.83. The zero-order valence-corrected chi connectivity index (χ0v) is 14.3. The van der Waals surface area contributed by atoms with Gasteiger partial charge in [-0.2, -0.15) is 11.8 Å². The molecule has 0 aromatic carbocycles. The molecule has 0 radical (unpaired) electrons. The van der Waals surface area contributed by atoms with Gasteiger partial charge < -0.3 is 20.0 Å². The topological polar surface area (TPSA) is 83.6 Å². The van der Waals surface area contributed by atoms with E-state index in [4.69, 9.17) is 4.42 Å². The van der Waals surface area contributed by atoms with E-state index in [9.17, 15) is 10.1 Å². The number of hydrogen-bond acceptors (Lipinski definition) is 7. The van der Waals surface area contributed by atoms with Gasteiger partial charge in [0.2, 0.25) is 0 Å². The maximum absolute atomic E-state index is 10.4. The van der Waals surface area contributed by atoms with E-state index in [2.05, 4.69) is 28.5 Å². The van der Waals surface area contributed by atoms with Gasteiger partial charge in [-0.15, -0.1) is 0 Å². The number of aryl methyl sites for hydroxylation is 1. The molecule has 0 fully saturated rings. The molecular formula is C14H24N4O3S. The molecule has 0 amide bonds. The lowest BCUT2D eigenvalue weighted by Crippen LogP contribution is -2.26. The summed E-state index contributed by atoms with van der Waals surface area (Å²) in [6.07, 6.45) is 0.925. The molecule has 0 unspecified atom stereocenters. The second-order valence-corrected chi connectivity index (χ2v) is 6.22. The molecule has 8 heteroatoms. The van der Waals surface area contributed by atoms with Gasteiger partial charge >= 0.3 is 0 Å². The minimum Gasteiger partial charge on any atom is -0.464 e. The van der Waals surface area contributed by atoms with Gasteiger partial charge in [0.25, 0.3) is 6.20 Å². The molecule has 124 valence electrons. The normalized spacial score (nSPS) is 11.8. The monoisotopic (exact) mass is 328 g/mol. The summed E-state index contributed by atoms with van der Waals surface area (Å²) in [6.45, 7) is 3.50. The van der Waals surface area contributed by atoms with Crippen molar-refractivity contribution in [1.29, 1.82) is 0 Å². The van der Waals surface area contributed by atoms with Crippen LogP contribution in [0.25, 0.3) is 0 Å². The molecular weight excluding hydrogens is 304 g/mol. The van der Waals surface area contributed by atoms with Crippen molar-refractivity contribution in [3.63, 3.8) is 0 Å². The highest BCUT2D eigenvalue weighted by atomic mass is 32.2. The van der Waals surface area contributed by atoms with E-state index in [1.54, 1.807) is 18.8 Å². The number of nitro groups is 1. The van der Waals surface area contributed by atoms with Gasteiger partial charge in [-0.1, -0.05) is 0 Å². The van der Waals surface area contributed by atoms with Gasteiger partial charge in [0.05, 0.1) is 17.2 Å². The Morgan fingerprint density at radius 3 is 2.86 bits per heavy atom. The van der Waals surface area contributed by atoms with Crippen molar-refractivity contribution in [1.82, 2.24) is 15.5 Å². The lowest BCUT2D eigenvalue weighted by molar-refractivity contribution is -0.404. The smallest absolute Gasteiger partial charge is 0.274 e. The van der Waals surface area contributed by atoms with E-state index in [1.807, 2.05) is 14.1 Å².